The van der Waals surface area contributed by atoms with Gasteiger partial charge in [0.25, 0.3) is 5.91 Å². The number of aliphatic imine (C=N–C) groups is 1. The van der Waals surface area contributed by atoms with Gasteiger partial charge < -0.3 is 20.3 Å². The summed E-state index contributed by atoms with van der Waals surface area (Å²) in [5.41, 5.74) is 3.08. The second-order valence-corrected chi connectivity index (χ2v) is 6.95. The lowest BCUT2D eigenvalue weighted by molar-refractivity contribution is 0.0827. The lowest BCUT2D eigenvalue weighted by Gasteiger charge is -2.13. The third kappa shape index (κ3) is 9.58. The number of hydrogen-bond donors (Lipinski definition) is 2. The summed E-state index contributed by atoms with van der Waals surface area (Å²) in [5.74, 6) is 0.760. The molecule has 0 aliphatic carbocycles. The number of nitrogens with zero attached hydrogens (tertiary/aromatic N) is 2. The second-order valence-electron chi connectivity index (χ2n) is 6.95. The van der Waals surface area contributed by atoms with Crippen molar-refractivity contribution in [3.8, 4) is 0 Å². The summed E-state index contributed by atoms with van der Waals surface area (Å²) < 4.78 is 5.70. The smallest absolute Gasteiger partial charge is 0.253 e. The number of amides is 1. The van der Waals surface area contributed by atoms with Crippen molar-refractivity contribution in [1.29, 1.82) is 0 Å². The number of benzene rings is 2. The molecule has 7 heteroatoms. The molecule has 0 atom stereocenters. The molecule has 0 aliphatic heterocycles. The number of halogens is 1. The predicted molar refractivity (Wildman–Crippen MR) is 134 cm³/mol. The fourth-order valence-electron chi connectivity index (χ4n) is 2.75. The molecule has 0 fully saturated rings. The Morgan fingerprint density at radius 1 is 0.967 bits per heavy atom. The number of nitrogens with one attached hydrogen (secondary N) is 2. The Labute approximate surface area is 197 Å². The van der Waals surface area contributed by atoms with Crippen molar-refractivity contribution >= 4 is 35.8 Å². The highest BCUT2D eigenvalue weighted by Gasteiger charge is 2.07. The molecule has 0 aliphatic rings. The van der Waals surface area contributed by atoms with E-state index in [0.717, 1.165) is 44.1 Å². The van der Waals surface area contributed by atoms with Crippen LogP contribution < -0.4 is 10.6 Å². The summed E-state index contributed by atoms with van der Waals surface area (Å²) in [6, 6.07) is 18.0. The SMILES string of the molecule is CN=C(NCCCOCCc1ccccc1)NCc1ccc(C(=O)N(C)C)cc1.I. The van der Waals surface area contributed by atoms with Gasteiger partial charge >= 0.3 is 0 Å². The maximum atomic E-state index is 11.9. The molecule has 0 aromatic heterocycles. The molecule has 2 rings (SSSR count). The Balaban J connectivity index is 0.00000450. The monoisotopic (exact) mass is 524 g/mol. The van der Waals surface area contributed by atoms with Crippen LogP contribution in [0, 0.1) is 0 Å². The van der Waals surface area contributed by atoms with Gasteiger partial charge in [-0.25, -0.2) is 0 Å². The van der Waals surface area contributed by atoms with Crippen LogP contribution in [0.25, 0.3) is 0 Å². The molecule has 2 aromatic carbocycles. The minimum atomic E-state index is 0. The van der Waals surface area contributed by atoms with E-state index < -0.39 is 0 Å². The Kier molecular flexibility index (Phi) is 12.8. The molecule has 0 saturated carbocycles. The van der Waals surface area contributed by atoms with Crippen LogP contribution in [0.15, 0.2) is 59.6 Å². The van der Waals surface area contributed by atoms with E-state index in [0.29, 0.717) is 12.1 Å². The second kappa shape index (κ2) is 14.8. The zero-order valence-electron chi connectivity index (χ0n) is 18.1. The highest BCUT2D eigenvalue weighted by molar-refractivity contribution is 14.0. The van der Waals surface area contributed by atoms with Gasteiger partial charge in [-0.05, 0) is 36.1 Å². The summed E-state index contributed by atoms with van der Waals surface area (Å²) >= 11 is 0. The molecule has 2 aromatic rings. The Morgan fingerprint density at radius 2 is 1.67 bits per heavy atom. The minimum Gasteiger partial charge on any atom is -0.381 e. The standard InChI is InChI=1S/C23H32N4O2.HI/c1-24-23(25-15-7-16-29-17-14-19-8-5-4-6-9-19)26-18-20-10-12-21(13-11-20)22(28)27(2)3;/h4-6,8-13H,7,14-18H2,1-3H3,(H2,24,25,26);1H. The number of ether oxygens (including phenoxy) is 1. The molecule has 164 valence electrons. The molecule has 0 heterocycles. The zero-order chi connectivity index (χ0) is 20.9. The van der Waals surface area contributed by atoms with E-state index in [1.54, 1.807) is 26.0 Å². The maximum Gasteiger partial charge on any atom is 0.253 e. The molecule has 2 N–H and O–H groups in total. The van der Waals surface area contributed by atoms with Gasteiger partial charge in [-0.15, -0.1) is 24.0 Å². The first kappa shape index (κ1) is 25.9. The third-order valence-electron chi connectivity index (χ3n) is 4.43. The van der Waals surface area contributed by atoms with E-state index in [-0.39, 0.29) is 29.9 Å². The number of rotatable bonds is 10. The number of guanidine groups is 1. The summed E-state index contributed by atoms with van der Waals surface area (Å²) in [6.07, 6.45) is 1.85. The van der Waals surface area contributed by atoms with Crippen LogP contribution in [0.3, 0.4) is 0 Å². The molecule has 30 heavy (non-hydrogen) atoms. The molecule has 0 bridgehead atoms. The van der Waals surface area contributed by atoms with Crippen LogP contribution in [0.1, 0.15) is 27.9 Å². The molecule has 0 saturated heterocycles. The first-order valence-corrected chi connectivity index (χ1v) is 9.97. The first-order chi connectivity index (χ1) is 14.1. The minimum absolute atomic E-state index is 0. The predicted octanol–water partition coefficient (Wildman–Crippen LogP) is 3.32. The molecule has 6 nitrogen and oxygen atoms in total. The largest absolute Gasteiger partial charge is 0.381 e. The highest BCUT2D eigenvalue weighted by Crippen LogP contribution is 2.06. The molecular weight excluding hydrogens is 491 g/mol. The molecule has 0 radical (unpaired) electrons. The van der Waals surface area contributed by atoms with Gasteiger partial charge in [-0.2, -0.15) is 0 Å². The highest BCUT2D eigenvalue weighted by atomic mass is 127. The van der Waals surface area contributed by atoms with Gasteiger partial charge in [0.2, 0.25) is 0 Å². The average molecular weight is 524 g/mol. The Morgan fingerprint density at radius 3 is 2.30 bits per heavy atom. The van der Waals surface area contributed by atoms with E-state index in [4.69, 9.17) is 4.74 Å². The van der Waals surface area contributed by atoms with E-state index in [1.807, 2.05) is 30.3 Å². The van der Waals surface area contributed by atoms with Crippen molar-refractivity contribution in [2.24, 2.45) is 4.99 Å². The summed E-state index contributed by atoms with van der Waals surface area (Å²) in [6.45, 7) is 2.90. The number of hydrogen-bond acceptors (Lipinski definition) is 3. The topological polar surface area (TPSA) is 66.0 Å². The lowest BCUT2D eigenvalue weighted by atomic mass is 10.1. The Bertz CT molecular complexity index is 765. The normalized spacial score (nSPS) is 10.8. The van der Waals surface area contributed by atoms with E-state index in [9.17, 15) is 4.79 Å². The van der Waals surface area contributed by atoms with Gasteiger partial charge in [0, 0.05) is 46.4 Å². The van der Waals surface area contributed by atoms with Crippen molar-refractivity contribution in [2.75, 3.05) is 40.9 Å². The molecule has 0 spiro atoms. The van der Waals surface area contributed by atoms with Gasteiger partial charge in [-0.3, -0.25) is 9.79 Å². The van der Waals surface area contributed by atoms with Crippen molar-refractivity contribution in [3.05, 3.63) is 71.3 Å². The quantitative estimate of drug-likeness (QED) is 0.217. The van der Waals surface area contributed by atoms with Gasteiger partial charge in [0.1, 0.15) is 0 Å². The summed E-state index contributed by atoms with van der Waals surface area (Å²) in [7, 11) is 5.26. The van der Waals surface area contributed by atoms with E-state index >= 15 is 0 Å². The fourth-order valence-corrected chi connectivity index (χ4v) is 2.75. The molecule has 1 amide bonds. The van der Waals surface area contributed by atoms with Crippen molar-refractivity contribution in [3.63, 3.8) is 0 Å². The summed E-state index contributed by atoms with van der Waals surface area (Å²) in [5, 5.41) is 6.57. The van der Waals surface area contributed by atoms with Crippen LogP contribution in [0.4, 0.5) is 0 Å². The first-order valence-electron chi connectivity index (χ1n) is 9.97. The maximum absolute atomic E-state index is 11.9. The summed E-state index contributed by atoms with van der Waals surface area (Å²) in [4.78, 5) is 17.7. The fraction of sp³-hybridized carbons (Fsp3) is 0.391. The van der Waals surface area contributed by atoms with Crippen LogP contribution in [0.5, 0.6) is 0 Å². The van der Waals surface area contributed by atoms with Crippen molar-refractivity contribution in [2.45, 2.75) is 19.4 Å². The van der Waals surface area contributed by atoms with Crippen LogP contribution in [-0.4, -0.2) is 57.7 Å². The van der Waals surface area contributed by atoms with Crippen LogP contribution in [0.2, 0.25) is 0 Å². The van der Waals surface area contributed by atoms with E-state index in [2.05, 4.69) is 39.9 Å². The van der Waals surface area contributed by atoms with Gasteiger partial charge in [0.05, 0.1) is 6.61 Å². The average Bonchev–Trinajstić information content (AvgIpc) is 2.75. The van der Waals surface area contributed by atoms with Crippen molar-refractivity contribution in [1.82, 2.24) is 15.5 Å². The Hall–Kier alpha value is -2.13. The number of carbonyl (C=O) groups is 1. The lowest BCUT2D eigenvalue weighted by Crippen LogP contribution is -2.37. The third-order valence-corrected chi connectivity index (χ3v) is 4.43. The van der Waals surface area contributed by atoms with Crippen LogP contribution >= 0.6 is 24.0 Å². The van der Waals surface area contributed by atoms with E-state index in [1.165, 1.54) is 5.56 Å². The van der Waals surface area contributed by atoms with Gasteiger partial charge in [0.15, 0.2) is 5.96 Å². The van der Waals surface area contributed by atoms with Gasteiger partial charge in [-0.1, -0.05) is 42.5 Å². The molecule has 0 unspecified atom stereocenters. The van der Waals surface area contributed by atoms with Crippen LogP contribution in [-0.2, 0) is 17.7 Å². The molecular formula is C23H33IN4O2. The van der Waals surface area contributed by atoms with Crippen molar-refractivity contribution < 1.29 is 9.53 Å². The zero-order valence-corrected chi connectivity index (χ0v) is 20.4. The number of carbonyl (C=O) groups excluding carboxylic acids is 1.